The topological polar surface area (TPSA) is 47.0 Å². The molecule has 0 amide bonds. The average Bonchev–Trinajstić information content (AvgIpc) is 2.39. The summed E-state index contributed by atoms with van der Waals surface area (Å²) in [5.74, 6) is 0.852. The van der Waals surface area contributed by atoms with Crippen LogP contribution in [0.15, 0.2) is 4.47 Å². The van der Waals surface area contributed by atoms with Gasteiger partial charge in [-0.05, 0) is 28.8 Å². The second-order valence-corrected chi connectivity index (χ2v) is 5.33. The van der Waals surface area contributed by atoms with E-state index in [1.165, 1.54) is 0 Å². The van der Waals surface area contributed by atoms with Gasteiger partial charge < -0.3 is 10.1 Å². The van der Waals surface area contributed by atoms with Crippen LogP contribution >= 0.6 is 15.9 Å². The standard InChI is InChI=1S/C13H19BrF3N3O/c1-3-5-9-11(14)12(18-6-4-2)20-10(19-9)7-21-8-13(15,16)17/h3-8H2,1-2H3,(H,18,19,20). The number of rotatable bonds is 8. The Morgan fingerprint density at radius 3 is 2.48 bits per heavy atom. The molecule has 0 aliphatic carbocycles. The summed E-state index contributed by atoms with van der Waals surface area (Å²) in [5, 5.41) is 3.13. The van der Waals surface area contributed by atoms with E-state index < -0.39 is 12.8 Å². The van der Waals surface area contributed by atoms with Crippen molar-refractivity contribution in [3.63, 3.8) is 0 Å². The van der Waals surface area contributed by atoms with Gasteiger partial charge in [0, 0.05) is 6.54 Å². The minimum Gasteiger partial charge on any atom is -0.369 e. The predicted octanol–water partition coefficient (Wildman–Crippen LogP) is 4.09. The van der Waals surface area contributed by atoms with Crippen LogP contribution in [0.4, 0.5) is 19.0 Å². The maximum absolute atomic E-state index is 12.1. The van der Waals surface area contributed by atoms with Gasteiger partial charge in [0.2, 0.25) is 0 Å². The highest BCUT2D eigenvalue weighted by Gasteiger charge is 2.27. The fourth-order valence-corrected chi connectivity index (χ4v) is 2.15. The highest BCUT2D eigenvalue weighted by atomic mass is 79.9. The van der Waals surface area contributed by atoms with E-state index in [0.717, 1.165) is 36.0 Å². The molecule has 0 aliphatic rings. The number of nitrogens with one attached hydrogen (secondary N) is 1. The van der Waals surface area contributed by atoms with E-state index in [0.29, 0.717) is 5.82 Å². The van der Waals surface area contributed by atoms with Crippen LogP contribution in [0.2, 0.25) is 0 Å². The Morgan fingerprint density at radius 1 is 1.19 bits per heavy atom. The lowest BCUT2D eigenvalue weighted by Gasteiger charge is -2.13. The summed E-state index contributed by atoms with van der Waals surface area (Å²) in [6, 6.07) is 0. The molecule has 0 fully saturated rings. The molecule has 21 heavy (non-hydrogen) atoms. The summed E-state index contributed by atoms with van der Waals surface area (Å²) in [6.07, 6.45) is -1.83. The van der Waals surface area contributed by atoms with Gasteiger partial charge in [0.05, 0.1) is 10.2 Å². The molecule has 1 aromatic heterocycles. The van der Waals surface area contributed by atoms with Gasteiger partial charge in [0.25, 0.3) is 0 Å². The lowest BCUT2D eigenvalue weighted by Crippen LogP contribution is -2.18. The van der Waals surface area contributed by atoms with Crippen molar-refractivity contribution in [1.82, 2.24) is 9.97 Å². The van der Waals surface area contributed by atoms with Crippen molar-refractivity contribution in [2.24, 2.45) is 0 Å². The summed E-state index contributed by atoms with van der Waals surface area (Å²) < 4.78 is 41.6. The van der Waals surface area contributed by atoms with Crippen LogP contribution in [0.25, 0.3) is 0 Å². The van der Waals surface area contributed by atoms with Crippen LogP contribution in [0.3, 0.4) is 0 Å². The van der Waals surface area contributed by atoms with Crippen LogP contribution < -0.4 is 5.32 Å². The predicted molar refractivity (Wildman–Crippen MR) is 78.2 cm³/mol. The van der Waals surface area contributed by atoms with Crippen molar-refractivity contribution in [1.29, 1.82) is 0 Å². The Morgan fingerprint density at radius 2 is 1.90 bits per heavy atom. The smallest absolute Gasteiger partial charge is 0.369 e. The summed E-state index contributed by atoms with van der Waals surface area (Å²) in [6.45, 7) is 3.19. The Bertz CT molecular complexity index is 455. The third-order valence-corrected chi connectivity index (χ3v) is 3.33. The minimum absolute atomic E-state index is 0.254. The number of aromatic nitrogens is 2. The third kappa shape index (κ3) is 6.60. The molecule has 1 heterocycles. The molecule has 0 radical (unpaired) electrons. The van der Waals surface area contributed by atoms with E-state index >= 15 is 0 Å². The average molecular weight is 370 g/mol. The van der Waals surface area contributed by atoms with Gasteiger partial charge in [-0.1, -0.05) is 20.3 Å². The summed E-state index contributed by atoms with van der Waals surface area (Å²) in [4.78, 5) is 8.47. The van der Waals surface area contributed by atoms with Gasteiger partial charge in [0.15, 0.2) is 5.82 Å². The van der Waals surface area contributed by atoms with E-state index in [1.54, 1.807) is 0 Å². The molecule has 0 saturated carbocycles. The van der Waals surface area contributed by atoms with Crippen LogP contribution in [0.5, 0.6) is 0 Å². The zero-order chi connectivity index (χ0) is 15.9. The number of ether oxygens (including phenoxy) is 1. The molecular weight excluding hydrogens is 351 g/mol. The maximum atomic E-state index is 12.1. The van der Waals surface area contributed by atoms with Crippen molar-refractivity contribution in [3.8, 4) is 0 Å². The molecule has 8 heteroatoms. The van der Waals surface area contributed by atoms with Gasteiger partial charge in [-0.15, -0.1) is 0 Å². The molecule has 1 aromatic rings. The molecule has 0 atom stereocenters. The number of aryl methyl sites for hydroxylation is 1. The molecule has 0 spiro atoms. The van der Waals surface area contributed by atoms with Gasteiger partial charge in [-0.25, -0.2) is 9.97 Å². The Kier molecular flexibility index (Phi) is 7.37. The fraction of sp³-hybridized carbons (Fsp3) is 0.692. The van der Waals surface area contributed by atoms with Gasteiger partial charge in [-0.2, -0.15) is 13.2 Å². The molecule has 4 nitrogen and oxygen atoms in total. The molecule has 1 rings (SSSR count). The van der Waals surface area contributed by atoms with Crippen LogP contribution in [0.1, 0.15) is 38.2 Å². The molecule has 120 valence electrons. The first-order valence-corrected chi connectivity index (χ1v) is 7.60. The zero-order valence-electron chi connectivity index (χ0n) is 12.1. The van der Waals surface area contributed by atoms with Crippen LogP contribution in [0, 0.1) is 0 Å². The van der Waals surface area contributed by atoms with Crippen molar-refractivity contribution >= 4 is 21.7 Å². The molecule has 0 saturated heterocycles. The third-order valence-electron chi connectivity index (χ3n) is 2.49. The Hall–Kier alpha value is -0.890. The van der Waals surface area contributed by atoms with Gasteiger partial charge >= 0.3 is 6.18 Å². The lowest BCUT2D eigenvalue weighted by molar-refractivity contribution is -0.177. The second kappa shape index (κ2) is 8.53. The first-order valence-electron chi connectivity index (χ1n) is 6.81. The Labute approximate surface area is 130 Å². The van der Waals surface area contributed by atoms with Crippen molar-refractivity contribution in [2.45, 2.75) is 45.9 Å². The minimum atomic E-state index is -4.34. The van der Waals surface area contributed by atoms with E-state index in [1.807, 2.05) is 13.8 Å². The number of anilines is 1. The molecule has 0 aromatic carbocycles. The van der Waals surface area contributed by atoms with Crippen LogP contribution in [-0.2, 0) is 17.8 Å². The zero-order valence-corrected chi connectivity index (χ0v) is 13.6. The van der Waals surface area contributed by atoms with E-state index in [4.69, 9.17) is 0 Å². The van der Waals surface area contributed by atoms with E-state index in [9.17, 15) is 13.2 Å². The van der Waals surface area contributed by atoms with Gasteiger partial charge in [0.1, 0.15) is 19.0 Å². The van der Waals surface area contributed by atoms with E-state index in [-0.39, 0.29) is 12.4 Å². The summed E-state index contributed by atoms with van der Waals surface area (Å²) in [5.41, 5.74) is 0.775. The van der Waals surface area contributed by atoms with E-state index in [2.05, 4.69) is 36.0 Å². The maximum Gasteiger partial charge on any atom is 0.411 e. The van der Waals surface area contributed by atoms with Crippen molar-refractivity contribution in [3.05, 3.63) is 16.0 Å². The Balaban J connectivity index is 2.84. The number of hydrogen-bond donors (Lipinski definition) is 1. The molecule has 0 unspecified atom stereocenters. The number of alkyl halides is 3. The monoisotopic (exact) mass is 369 g/mol. The molecule has 0 bridgehead atoms. The number of nitrogens with zero attached hydrogens (tertiary/aromatic N) is 2. The lowest BCUT2D eigenvalue weighted by atomic mass is 10.2. The molecular formula is C13H19BrF3N3O. The molecule has 0 aliphatic heterocycles. The largest absolute Gasteiger partial charge is 0.411 e. The molecule has 1 N–H and O–H groups in total. The first-order chi connectivity index (χ1) is 9.87. The highest BCUT2D eigenvalue weighted by Crippen LogP contribution is 2.25. The SMILES string of the molecule is CCCNc1nc(COCC(F)(F)F)nc(CCC)c1Br. The summed E-state index contributed by atoms with van der Waals surface area (Å²) in [7, 11) is 0. The van der Waals surface area contributed by atoms with Crippen molar-refractivity contribution < 1.29 is 17.9 Å². The first kappa shape index (κ1) is 18.2. The normalized spacial score (nSPS) is 11.7. The number of hydrogen-bond acceptors (Lipinski definition) is 4. The fourth-order valence-electron chi connectivity index (χ4n) is 1.63. The van der Waals surface area contributed by atoms with Crippen molar-refractivity contribution in [2.75, 3.05) is 18.5 Å². The van der Waals surface area contributed by atoms with Gasteiger partial charge in [-0.3, -0.25) is 0 Å². The quantitative estimate of drug-likeness (QED) is 0.749. The summed E-state index contributed by atoms with van der Waals surface area (Å²) >= 11 is 3.44. The highest BCUT2D eigenvalue weighted by molar-refractivity contribution is 9.10. The van der Waals surface area contributed by atoms with Crippen LogP contribution in [-0.4, -0.2) is 29.3 Å². The number of halogens is 4. The second-order valence-electron chi connectivity index (χ2n) is 4.53.